The molecule has 0 saturated carbocycles. The van der Waals surface area contributed by atoms with Gasteiger partial charge in [-0.15, -0.1) is 17.7 Å². The predicted octanol–water partition coefficient (Wildman–Crippen LogP) is -1.20. The second-order valence-electron chi connectivity index (χ2n) is 5.76. The molecule has 142 valence electrons. The maximum Gasteiger partial charge on any atom is 0.473 e. The first kappa shape index (κ1) is 20.3. The van der Waals surface area contributed by atoms with Crippen LogP contribution < -0.4 is 5.73 Å². The van der Waals surface area contributed by atoms with Gasteiger partial charge >= 0.3 is 7.82 Å². The fourth-order valence-electron chi connectivity index (χ4n) is 2.07. The summed E-state index contributed by atoms with van der Waals surface area (Å²) in [5, 5.41) is 23.8. The molecular formula is C11H19N4O8PS. The van der Waals surface area contributed by atoms with E-state index in [-0.39, 0.29) is 5.82 Å². The largest absolute Gasteiger partial charge is 0.473 e. The SMILES string of the molecule is CC(C)(S)OP(=O)(O)OC[C@H]1O[C@@H](n2cnc(C(N)=O)n2)C(O)[C@H]1O. The van der Waals surface area contributed by atoms with Crippen molar-refractivity contribution >= 4 is 26.4 Å². The number of aliphatic hydroxyl groups excluding tert-OH is 2. The number of thiol groups is 1. The Kier molecular flexibility index (Phi) is 5.91. The number of amides is 1. The highest BCUT2D eigenvalue weighted by Crippen LogP contribution is 2.48. The number of carbonyl (C=O) groups is 1. The first-order chi connectivity index (χ1) is 11.4. The fourth-order valence-corrected chi connectivity index (χ4v) is 3.33. The third-order valence-electron chi connectivity index (χ3n) is 3.07. The van der Waals surface area contributed by atoms with Crippen LogP contribution in [-0.2, 0) is 18.3 Å². The summed E-state index contributed by atoms with van der Waals surface area (Å²) in [6.45, 7) is 2.32. The number of aliphatic hydroxyl groups is 2. The van der Waals surface area contributed by atoms with E-state index < -0.39 is 49.8 Å². The smallest absolute Gasteiger partial charge is 0.387 e. The van der Waals surface area contributed by atoms with Crippen LogP contribution in [0, 0.1) is 0 Å². The van der Waals surface area contributed by atoms with E-state index in [0.29, 0.717) is 0 Å². The van der Waals surface area contributed by atoms with E-state index in [1.165, 1.54) is 13.8 Å². The third-order valence-corrected chi connectivity index (χ3v) is 4.47. The summed E-state index contributed by atoms with van der Waals surface area (Å²) in [4.78, 5) is 23.0. The van der Waals surface area contributed by atoms with Gasteiger partial charge in [-0.25, -0.2) is 14.2 Å². The Morgan fingerprint density at radius 1 is 1.52 bits per heavy atom. The van der Waals surface area contributed by atoms with Gasteiger partial charge in [-0.1, -0.05) is 0 Å². The molecule has 0 aromatic carbocycles. The van der Waals surface area contributed by atoms with Gasteiger partial charge in [0.25, 0.3) is 5.91 Å². The molecule has 25 heavy (non-hydrogen) atoms. The van der Waals surface area contributed by atoms with Gasteiger partial charge in [-0.05, 0) is 13.8 Å². The second-order valence-corrected chi connectivity index (χ2v) is 8.22. The van der Waals surface area contributed by atoms with Gasteiger partial charge in [0, 0.05) is 0 Å². The minimum atomic E-state index is -4.46. The normalized spacial score (nSPS) is 29.5. The van der Waals surface area contributed by atoms with E-state index in [9.17, 15) is 24.5 Å². The van der Waals surface area contributed by atoms with Crippen LogP contribution in [0.4, 0.5) is 0 Å². The fraction of sp³-hybridized carbons (Fsp3) is 0.727. The molecule has 2 heterocycles. The Morgan fingerprint density at radius 2 is 2.16 bits per heavy atom. The zero-order chi connectivity index (χ0) is 19.0. The average Bonchev–Trinajstić information content (AvgIpc) is 3.02. The van der Waals surface area contributed by atoms with Crippen molar-refractivity contribution in [1.82, 2.24) is 14.8 Å². The van der Waals surface area contributed by atoms with Crippen LogP contribution >= 0.6 is 20.5 Å². The van der Waals surface area contributed by atoms with Crippen LogP contribution in [0.5, 0.6) is 0 Å². The van der Waals surface area contributed by atoms with E-state index in [4.69, 9.17) is 19.5 Å². The summed E-state index contributed by atoms with van der Waals surface area (Å²) >= 11 is 3.95. The first-order valence-corrected chi connectivity index (χ1v) is 8.97. The number of nitrogens with two attached hydrogens (primary N) is 1. The van der Waals surface area contributed by atoms with Gasteiger partial charge in [0.2, 0.25) is 5.82 Å². The molecule has 0 aliphatic carbocycles. The Labute approximate surface area is 147 Å². The highest BCUT2D eigenvalue weighted by Gasteiger charge is 2.45. The van der Waals surface area contributed by atoms with Gasteiger partial charge in [0.15, 0.2) is 6.23 Å². The number of primary amides is 1. The highest BCUT2D eigenvalue weighted by atomic mass is 32.1. The zero-order valence-corrected chi connectivity index (χ0v) is 15.1. The van der Waals surface area contributed by atoms with Crippen molar-refractivity contribution in [2.45, 2.75) is 43.3 Å². The zero-order valence-electron chi connectivity index (χ0n) is 13.3. The van der Waals surface area contributed by atoms with Crippen LogP contribution in [0.15, 0.2) is 6.33 Å². The molecule has 5 N–H and O–H groups in total. The van der Waals surface area contributed by atoms with Crippen molar-refractivity contribution in [1.29, 1.82) is 0 Å². The Hall–Kier alpha value is -1.05. The number of carbonyl (C=O) groups excluding carboxylic acids is 1. The Morgan fingerprint density at radius 3 is 2.68 bits per heavy atom. The van der Waals surface area contributed by atoms with Gasteiger partial charge in [0.05, 0.1) is 6.61 Å². The average molecular weight is 398 g/mol. The van der Waals surface area contributed by atoms with Gasteiger partial charge in [-0.2, -0.15) is 0 Å². The summed E-state index contributed by atoms with van der Waals surface area (Å²) in [6, 6.07) is 0. The monoisotopic (exact) mass is 398 g/mol. The van der Waals surface area contributed by atoms with E-state index in [2.05, 4.69) is 22.7 Å². The number of hydrogen-bond acceptors (Lipinski definition) is 10. The van der Waals surface area contributed by atoms with E-state index in [1.54, 1.807) is 0 Å². The molecule has 1 fully saturated rings. The maximum atomic E-state index is 11.8. The highest BCUT2D eigenvalue weighted by molar-refractivity contribution is 7.81. The molecule has 1 aromatic heterocycles. The molecule has 14 heteroatoms. The number of aromatic nitrogens is 3. The van der Waals surface area contributed by atoms with Gasteiger partial charge in [0.1, 0.15) is 29.6 Å². The van der Waals surface area contributed by atoms with Crippen molar-refractivity contribution in [3.05, 3.63) is 12.2 Å². The van der Waals surface area contributed by atoms with Crippen molar-refractivity contribution < 1.29 is 38.3 Å². The minimum Gasteiger partial charge on any atom is -0.387 e. The quantitative estimate of drug-likeness (QED) is 0.213. The molecule has 0 radical (unpaired) electrons. The van der Waals surface area contributed by atoms with Crippen LogP contribution in [0.3, 0.4) is 0 Å². The maximum absolute atomic E-state index is 11.8. The molecule has 1 aliphatic heterocycles. The second kappa shape index (κ2) is 7.29. The molecule has 12 nitrogen and oxygen atoms in total. The number of phosphoric ester groups is 1. The molecule has 5 atom stereocenters. The lowest BCUT2D eigenvalue weighted by atomic mass is 10.1. The summed E-state index contributed by atoms with van der Waals surface area (Å²) in [5.74, 6) is -1.17. The van der Waals surface area contributed by atoms with Crippen molar-refractivity contribution in [2.75, 3.05) is 6.61 Å². The number of rotatable bonds is 7. The molecule has 1 aromatic rings. The van der Waals surface area contributed by atoms with Gasteiger partial charge in [-0.3, -0.25) is 13.8 Å². The van der Waals surface area contributed by atoms with Crippen LogP contribution in [0.2, 0.25) is 0 Å². The first-order valence-electron chi connectivity index (χ1n) is 7.02. The molecule has 1 amide bonds. The van der Waals surface area contributed by atoms with Crippen molar-refractivity contribution in [2.24, 2.45) is 5.73 Å². The van der Waals surface area contributed by atoms with Crippen LogP contribution in [0.1, 0.15) is 30.7 Å². The Balaban J connectivity index is 2.01. The summed E-state index contributed by atoms with van der Waals surface area (Å²) < 4.78 is 27.7. The third kappa shape index (κ3) is 5.21. The number of hydrogen-bond donors (Lipinski definition) is 5. The number of ether oxygens (including phenoxy) is 1. The lowest BCUT2D eigenvalue weighted by molar-refractivity contribution is -0.0598. The molecule has 0 bridgehead atoms. The molecule has 1 saturated heterocycles. The molecular weight excluding hydrogens is 379 g/mol. The van der Waals surface area contributed by atoms with Crippen LogP contribution in [-0.4, -0.2) is 65.6 Å². The van der Waals surface area contributed by atoms with Crippen LogP contribution in [0.25, 0.3) is 0 Å². The minimum absolute atomic E-state index is 0.297. The van der Waals surface area contributed by atoms with Gasteiger partial charge < -0.3 is 25.6 Å². The van der Waals surface area contributed by atoms with Crippen molar-refractivity contribution in [3.8, 4) is 0 Å². The topological polar surface area (TPSA) is 179 Å². The summed E-state index contributed by atoms with van der Waals surface area (Å²) in [6.07, 6.45) is -4.16. The summed E-state index contributed by atoms with van der Waals surface area (Å²) in [5.41, 5.74) is 5.03. The standard InChI is InChI=1S/C11H19N4O8PS/c1-11(2,25)23-24(19,20)21-3-5-6(16)7(17)10(22-5)15-4-13-9(14-15)8(12)18/h4-7,10,16-17,25H,3H2,1-2H3,(H2,12,18)(H,19,20)/t5-,6+,7?,10-/m1/s1. The predicted molar refractivity (Wildman–Crippen MR) is 84.4 cm³/mol. The number of nitrogens with zero attached hydrogens (tertiary/aromatic N) is 3. The number of phosphoric acid groups is 1. The van der Waals surface area contributed by atoms with E-state index in [1.807, 2.05) is 0 Å². The van der Waals surface area contributed by atoms with E-state index in [0.717, 1.165) is 11.0 Å². The lowest BCUT2D eigenvalue weighted by Crippen LogP contribution is -2.34. The molecule has 0 spiro atoms. The molecule has 2 unspecified atom stereocenters. The molecule has 1 aliphatic rings. The van der Waals surface area contributed by atoms with Crippen molar-refractivity contribution in [3.63, 3.8) is 0 Å². The summed E-state index contributed by atoms with van der Waals surface area (Å²) in [7, 11) is -4.46. The molecule has 2 rings (SSSR count). The van der Waals surface area contributed by atoms with E-state index >= 15 is 0 Å². The lowest BCUT2D eigenvalue weighted by Gasteiger charge is -2.23. The Bertz CT molecular complexity index is 679.